The molecule has 0 atom stereocenters. The van der Waals surface area contributed by atoms with E-state index in [4.69, 9.17) is 11.6 Å². The van der Waals surface area contributed by atoms with E-state index in [1.165, 1.54) is 12.1 Å². The fourth-order valence-corrected chi connectivity index (χ4v) is 2.04. The molecule has 0 radical (unpaired) electrons. The van der Waals surface area contributed by atoms with Gasteiger partial charge in [-0.15, -0.1) is 11.6 Å². The van der Waals surface area contributed by atoms with Crippen molar-refractivity contribution in [3.8, 4) is 0 Å². The van der Waals surface area contributed by atoms with E-state index in [9.17, 15) is 13.6 Å². The molecule has 0 heterocycles. The molecule has 0 spiro atoms. The van der Waals surface area contributed by atoms with Crippen LogP contribution < -0.4 is 0 Å². The molecule has 1 aromatic rings. The third kappa shape index (κ3) is 3.01. The van der Waals surface area contributed by atoms with Gasteiger partial charge in [-0.05, 0) is 5.56 Å². The van der Waals surface area contributed by atoms with Crippen molar-refractivity contribution in [1.82, 2.24) is 0 Å². The van der Waals surface area contributed by atoms with Gasteiger partial charge in [-0.25, -0.2) is 8.78 Å². The van der Waals surface area contributed by atoms with Gasteiger partial charge in [-0.1, -0.05) is 34.1 Å². The molecule has 0 fully saturated rings. The van der Waals surface area contributed by atoms with E-state index in [1.807, 2.05) is 0 Å². The Hall–Kier alpha value is -0.480. The van der Waals surface area contributed by atoms with Gasteiger partial charge < -0.3 is 0 Å². The molecule has 0 saturated carbocycles. The van der Waals surface area contributed by atoms with Crippen LogP contribution in [0.2, 0.25) is 0 Å². The molecule has 0 N–H and O–H groups in total. The highest BCUT2D eigenvalue weighted by atomic mass is 79.9. The number of hydrogen-bond donors (Lipinski definition) is 0. The Morgan fingerprint density at radius 1 is 1.44 bits per heavy atom. The third-order valence-electron chi connectivity index (χ3n) is 2.18. The zero-order valence-corrected chi connectivity index (χ0v) is 10.7. The van der Waals surface area contributed by atoms with Crippen LogP contribution in [-0.2, 0) is 5.88 Å². The van der Waals surface area contributed by atoms with E-state index in [0.29, 0.717) is 10.9 Å². The Bertz CT molecular complexity index is 382. The molecule has 0 saturated heterocycles. The van der Waals surface area contributed by atoms with Crippen molar-refractivity contribution >= 4 is 33.3 Å². The minimum absolute atomic E-state index is 0.0187. The van der Waals surface area contributed by atoms with E-state index in [1.54, 1.807) is 6.07 Å². The van der Waals surface area contributed by atoms with Crippen LogP contribution in [0.5, 0.6) is 0 Å². The first kappa shape index (κ1) is 13.6. The van der Waals surface area contributed by atoms with Crippen molar-refractivity contribution < 1.29 is 13.6 Å². The molecule has 0 aromatic heterocycles. The van der Waals surface area contributed by atoms with Crippen LogP contribution >= 0.6 is 27.5 Å². The highest BCUT2D eigenvalue weighted by Gasteiger charge is 2.20. The highest BCUT2D eigenvalue weighted by molar-refractivity contribution is 9.09. The average Bonchev–Trinajstić information content (AvgIpc) is 2.28. The van der Waals surface area contributed by atoms with E-state index < -0.39 is 6.43 Å². The molecule has 0 aliphatic heterocycles. The van der Waals surface area contributed by atoms with Crippen LogP contribution in [0, 0.1) is 0 Å². The Morgan fingerprint density at radius 3 is 2.62 bits per heavy atom. The second-order valence-electron chi connectivity index (χ2n) is 3.17. The average molecular weight is 312 g/mol. The van der Waals surface area contributed by atoms with E-state index in [-0.39, 0.29) is 29.2 Å². The summed E-state index contributed by atoms with van der Waals surface area (Å²) in [4.78, 5) is 11.6. The Kier molecular flexibility index (Phi) is 5.35. The number of benzene rings is 1. The van der Waals surface area contributed by atoms with Gasteiger partial charge in [0.05, 0.1) is 0 Å². The predicted octanol–water partition coefficient (Wildman–Crippen LogP) is 4.33. The lowest BCUT2D eigenvalue weighted by molar-refractivity contribution is 0.0975. The Morgan fingerprint density at radius 2 is 2.12 bits per heavy atom. The molecule has 0 unspecified atom stereocenters. The summed E-state index contributed by atoms with van der Waals surface area (Å²) in [5.74, 6) is -0.311. The predicted molar refractivity (Wildman–Crippen MR) is 63.7 cm³/mol. The van der Waals surface area contributed by atoms with E-state index in [0.717, 1.165) is 0 Å². The maximum absolute atomic E-state index is 12.9. The zero-order valence-electron chi connectivity index (χ0n) is 8.35. The summed E-state index contributed by atoms with van der Waals surface area (Å²) < 4.78 is 25.7. The monoisotopic (exact) mass is 310 g/mol. The minimum Gasteiger partial charge on any atom is -0.294 e. The van der Waals surface area contributed by atoms with Gasteiger partial charge in [-0.3, -0.25) is 4.79 Å². The van der Waals surface area contributed by atoms with Crippen molar-refractivity contribution in [1.29, 1.82) is 0 Å². The summed E-state index contributed by atoms with van der Waals surface area (Å²) in [6.07, 6.45) is -2.48. The van der Waals surface area contributed by atoms with Gasteiger partial charge >= 0.3 is 0 Å². The number of alkyl halides is 4. The largest absolute Gasteiger partial charge is 0.294 e. The van der Waals surface area contributed by atoms with Crippen LogP contribution in [0.15, 0.2) is 18.2 Å². The van der Waals surface area contributed by atoms with Gasteiger partial charge in [-0.2, -0.15) is 0 Å². The lowest BCUT2D eigenvalue weighted by Gasteiger charge is -2.11. The molecule has 5 heteroatoms. The molecular weight excluding hydrogens is 301 g/mol. The van der Waals surface area contributed by atoms with Crippen LogP contribution in [-0.4, -0.2) is 11.1 Å². The summed E-state index contributed by atoms with van der Waals surface area (Å²) in [7, 11) is 0. The van der Waals surface area contributed by atoms with Gasteiger partial charge in [0.25, 0.3) is 6.43 Å². The summed E-state index contributed by atoms with van der Waals surface area (Å²) in [5.41, 5.74) is 0.160. The molecule has 88 valence electrons. The third-order valence-corrected chi connectivity index (χ3v) is 2.87. The molecule has 0 amide bonds. The van der Waals surface area contributed by atoms with Crippen LogP contribution in [0.25, 0.3) is 0 Å². The normalized spacial score (nSPS) is 10.8. The van der Waals surface area contributed by atoms with Crippen molar-refractivity contribution in [2.45, 2.75) is 18.7 Å². The molecule has 1 aromatic carbocycles. The fourth-order valence-electron chi connectivity index (χ4n) is 1.45. The van der Waals surface area contributed by atoms with Crippen LogP contribution in [0.4, 0.5) is 8.78 Å². The molecule has 0 bridgehead atoms. The minimum atomic E-state index is -2.68. The first-order valence-electron chi connectivity index (χ1n) is 4.66. The Balaban J connectivity index is 3.22. The van der Waals surface area contributed by atoms with Gasteiger partial charge in [0, 0.05) is 28.8 Å². The lowest BCUT2D eigenvalue weighted by Crippen LogP contribution is -2.07. The number of Topliss-reactive ketones (excluding diaryl/α,β-unsaturated/α-hetero) is 1. The topological polar surface area (TPSA) is 17.1 Å². The summed E-state index contributed by atoms with van der Waals surface area (Å²) in [6, 6.07) is 4.51. The second-order valence-corrected chi connectivity index (χ2v) is 4.24. The summed E-state index contributed by atoms with van der Waals surface area (Å²) >= 11 is 8.69. The fraction of sp³-hybridized carbons (Fsp3) is 0.364. The Labute approximate surface area is 106 Å². The number of hydrogen-bond acceptors (Lipinski definition) is 1. The summed E-state index contributed by atoms with van der Waals surface area (Å²) in [6.45, 7) is 0. The molecule has 1 nitrogen and oxygen atoms in total. The SMILES string of the molecule is O=C(CCBr)c1cccc(CCl)c1C(F)F. The number of carbonyl (C=O) groups excluding carboxylic acids is 1. The number of carbonyl (C=O) groups is 1. The lowest BCUT2D eigenvalue weighted by atomic mass is 9.98. The molecule has 0 aliphatic rings. The van der Waals surface area contributed by atoms with Crippen LogP contribution in [0.1, 0.15) is 34.3 Å². The number of halogens is 4. The van der Waals surface area contributed by atoms with E-state index in [2.05, 4.69) is 15.9 Å². The van der Waals surface area contributed by atoms with Gasteiger partial charge in [0.1, 0.15) is 0 Å². The quantitative estimate of drug-likeness (QED) is 0.584. The smallest absolute Gasteiger partial charge is 0.264 e. The van der Waals surface area contributed by atoms with E-state index >= 15 is 0 Å². The second kappa shape index (κ2) is 6.30. The molecular formula is C11H10BrClF2O. The number of rotatable bonds is 5. The summed E-state index contributed by atoms with van der Waals surface area (Å²) in [5, 5.41) is 0.458. The molecule has 0 aliphatic carbocycles. The van der Waals surface area contributed by atoms with Gasteiger partial charge in [0.15, 0.2) is 5.78 Å². The first-order valence-corrected chi connectivity index (χ1v) is 6.32. The van der Waals surface area contributed by atoms with Gasteiger partial charge in [0.2, 0.25) is 0 Å². The van der Waals surface area contributed by atoms with Crippen molar-refractivity contribution in [3.05, 3.63) is 34.9 Å². The maximum Gasteiger partial charge on any atom is 0.264 e. The van der Waals surface area contributed by atoms with Crippen molar-refractivity contribution in [2.75, 3.05) is 5.33 Å². The molecule has 16 heavy (non-hydrogen) atoms. The highest BCUT2D eigenvalue weighted by Crippen LogP contribution is 2.28. The van der Waals surface area contributed by atoms with Crippen molar-refractivity contribution in [3.63, 3.8) is 0 Å². The standard InChI is InChI=1S/C11H10BrClF2O/c12-5-4-9(16)8-3-1-2-7(6-13)10(8)11(14)15/h1-3,11H,4-6H2. The molecule has 1 rings (SSSR count). The van der Waals surface area contributed by atoms with Crippen LogP contribution in [0.3, 0.4) is 0 Å². The van der Waals surface area contributed by atoms with Crippen molar-refractivity contribution in [2.24, 2.45) is 0 Å². The first-order chi connectivity index (χ1) is 7.61. The maximum atomic E-state index is 12.9. The zero-order chi connectivity index (χ0) is 12.1. The number of ketones is 1.